The van der Waals surface area contributed by atoms with Gasteiger partial charge in [0.15, 0.2) is 41.8 Å². The third-order valence-corrected chi connectivity index (χ3v) is 8.50. The number of esters is 1. The summed E-state index contributed by atoms with van der Waals surface area (Å²) in [6.07, 6.45) is -10.9. The monoisotopic (exact) mass is 804 g/mol. The summed E-state index contributed by atoms with van der Waals surface area (Å²) in [5.41, 5.74) is 5.93. The fourth-order valence-electron chi connectivity index (χ4n) is 5.51. The molecule has 0 spiro atoms. The Morgan fingerprint density at radius 3 is 2.33 bits per heavy atom. The van der Waals surface area contributed by atoms with Crippen LogP contribution in [0, 0.1) is 0 Å². The van der Waals surface area contributed by atoms with E-state index in [2.05, 4.69) is 15.6 Å². The van der Waals surface area contributed by atoms with Crippen molar-refractivity contribution in [1.29, 1.82) is 0 Å². The van der Waals surface area contributed by atoms with Crippen LogP contribution in [-0.4, -0.2) is 136 Å². The van der Waals surface area contributed by atoms with Crippen molar-refractivity contribution in [3.63, 3.8) is 0 Å². The molecule has 312 valence electrons. The smallest absolute Gasteiger partial charge is 0.344 e. The summed E-state index contributed by atoms with van der Waals surface area (Å²) in [6, 6.07) is 12.4. The van der Waals surface area contributed by atoms with Gasteiger partial charge in [0, 0.05) is 44.3 Å². The molecule has 1 heterocycles. The lowest BCUT2D eigenvalue weighted by Gasteiger charge is -2.41. The van der Waals surface area contributed by atoms with Crippen LogP contribution >= 0.6 is 0 Å². The molecule has 0 unspecified atom stereocenters. The maximum atomic E-state index is 13.3. The number of carboxylic acid groups (broad SMARTS) is 1. The van der Waals surface area contributed by atoms with Gasteiger partial charge in [-0.1, -0.05) is 30.3 Å². The van der Waals surface area contributed by atoms with E-state index < -0.39 is 78.5 Å². The Hall–Kier alpha value is -5.77. The van der Waals surface area contributed by atoms with Gasteiger partial charge in [0.1, 0.15) is 23.9 Å². The zero-order valence-electron chi connectivity index (χ0n) is 31.1. The van der Waals surface area contributed by atoms with Crippen LogP contribution in [0.3, 0.4) is 0 Å². The van der Waals surface area contributed by atoms with Gasteiger partial charge in [-0.15, -0.1) is 0 Å². The highest BCUT2D eigenvalue weighted by molar-refractivity contribution is 5.96. The molecule has 20 heteroatoms. The molecule has 0 saturated carbocycles. The van der Waals surface area contributed by atoms with Crippen LogP contribution in [0.4, 0.5) is 5.69 Å². The molecule has 0 aromatic heterocycles. The number of aromatic hydroxyl groups is 2. The molecule has 0 bridgehead atoms. The zero-order valence-corrected chi connectivity index (χ0v) is 31.1. The molecule has 0 amide bonds. The molecule has 20 nitrogen and oxygen atoms in total. The number of carbonyl (C=O) groups is 2. The number of methoxy groups -OCH3 is 1. The first-order valence-corrected chi connectivity index (χ1v) is 17.8. The summed E-state index contributed by atoms with van der Waals surface area (Å²) in [6.45, 7) is 1.91. The number of hydrogen-bond acceptors (Lipinski definition) is 17. The normalized spacial score (nSPS) is 19.9. The second-order valence-electron chi connectivity index (χ2n) is 12.4. The van der Waals surface area contributed by atoms with Crippen LogP contribution in [0.1, 0.15) is 46.0 Å². The zero-order chi connectivity index (χ0) is 41.6. The van der Waals surface area contributed by atoms with Crippen LogP contribution < -0.4 is 35.3 Å². The predicted molar refractivity (Wildman–Crippen MR) is 200 cm³/mol. The lowest BCUT2D eigenvalue weighted by Crippen LogP contribution is -2.62. The lowest BCUT2D eigenvalue weighted by atomic mass is 9.98. The molecular weight excluding hydrogens is 756 g/mol. The number of carbonyl (C=O) groups excluding carboxylic acids is 1. The van der Waals surface area contributed by atoms with E-state index >= 15 is 0 Å². The highest BCUT2D eigenvalue weighted by Crippen LogP contribution is 2.46. The van der Waals surface area contributed by atoms with Crippen molar-refractivity contribution in [3.05, 3.63) is 65.2 Å². The average Bonchev–Trinajstić information content (AvgIpc) is 3.19. The molecule has 1 saturated heterocycles. The van der Waals surface area contributed by atoms with Gasteiger partial charge < -0.3 is 85.6 Å². The summed E-state index contributed by atoms with van der Waals surface area (Å²) < 4.78 is 32.9. The van der Waals surface area contributed by atoms with E-state index in [4.69, 9.17) is 39.3 Å². The predicted octanol–water partition coefficient (Wildman–Crippen LogP) is 0.233. The fraction of sp³-hybridized carbons (Fsp3) is 0.432. The van der Waals surface area contributed by atoms with E-state index in [0.29, 0.717) is 25.8 Å². The van der Waals surface area contributed by atoms with E-state index in [-0.39, 0.29) is 54.2 Å². The molecule has 0 radical (unpaired) electrons. The molecule has 12 N–H and O–H groups in total. The third kappa shape index (κ3) is 11.4. The number of carboxylic acids is 1. The number of nitrogens with zero attached hydrogens (tertiary/aromatic N) is 1. The standard InChI is InChI=1S/C37H48N4O16/c1-3-39-22-17-24(23(15-20(22)33(48)49)54-18-41-37(38)40-12-7-8-13-42)55-36-30(47)28(45)29(46)32(56-36)35(51)57-34(50)21-16-25(52-2)27(44)31(26(21)43)53-14-11-19-9-5-4-6-10-19/h4-6,9-10,15-17,28-30,32,35-36,39,42-47,51H,3,7-8,11-14,18H2,1-2H3,(H,48,49)(H3,38,40,41)/t28-,29-,30+,32-,35-,36-/m0/s1. The molecule has 3 aromatic rings. The van der Waals surface area contributed by atoms with Gasteiger partial charge in [-0.05, 0) is 25.3 Å². The second-order valence-corrected chi connectivity index (χ2v) is 12.4. The molecule has 6 atom stereocenters. The lowest BCUT2D eigenvalue weighted by molar-refractivity contribution is -0.309. The SMILES string of the molecule is CCNc1cc(O[C@H]2O[C@H]([C@@H](O)OC(=O)c3cc(OC)c(O)c(OCCc4ccccc4)c3O)[C@@H](O)[C@H](O)[C@H]2O)c(OCN=C(N)NCCCCO)cc1C(=O)O. The van der Waals surface area contributed by atoms with Crippen molar-refractivity contribution in [1.82, 2.24) is 5.32 Å². The average molecular weight is 805 g/mol. The number of aliphatic hydroxyl groups is 5. The molecule has 1 fully saturated rings. The van der Waals surface area contributed by atoms with Gasteiger partial charge in [0.25, 0.3) is 0 Å². The summed E-state index contributed by atoms with van der Waals surface area (Å²) in [5.74, 6) is -5.54. The summed E-state index contributed by atoms with van der Waals surface area (Å²) in [4.78, 5) is 29.4. The van der Waals surface area contributed by atoms with Crippen LogP contribution in [0.15, 0.2) is 53.5 Å². The van der Waals surface area contributed by atoms with Gasteiger partial charge in [-0.2, -0.15) is 0 Å². The highest BCUT2D eigenvalue weighted by atomic mass is 16.7. The first-order valence-electron chi connectivity index (χ1n) is 17.8. The minimum Gasteiger partial charge on any atom is -0.504 e. The molecule has 57 heavy (non-hydrogen) atoms. The molecule has 3 aromatic carbocycles. The first-order chi connectivity index (χ1) is 27.3. The Labute approximate surface area is 326 Å². The molecule has 1 aliphatic rings. The number of aromatic carboxylic acids is 1. The first kappa shape index (κ1) is 44.0. The van der Waals surface area contributed by atoms with Crippen molar-refractivity contribution >= 4 is 23.6 Å². The fourth-order valence-corrected chi connectivity index (χ4v) is 5.51. The summed E-state index contributed by atoms with van der Waals surface area (Å²) >= 11 is 0. The number of nitrogens with one attached hydrogen (secondary N) is 2. The van der Waals surface area contributed by atoms with Gasteiger partial charge in [-0.3, -0.25) is 0 Å². The van der Waals surface area contributed by atoms with E-state index in [9.17, 15) is 45.3 Å². The van der Waals surface area contributed by atoms with Gasteiger partial charge in [0.05, 0.1) is 25.0 Å². The second kappa shape index (κ2) is 20.9. The van der Waals surface area contributed by atoms with Crippen LogP contribution in [0.5, 0.6) is 34.5 Å². The van der Waals surface area contributed by atoms with Crippen LogP contribution in [0.25, 0.3) is 0 Å². The van der Waals surface area contributed by atoms with Gasteiger partial charge >= 0.3 is 11.9 Å². The number of rotatable bonds is 20. The number of phenolic OH excluding ortho intramolecular Hbond substituents is 2. The van der Waals surface area contributed by atoms with Gasteiger partial charge in [0.2, 0.25) is 24.1 Å². The third-order valence-electron chi connectivity index (χ3n) is 8.50. The Balaban J connectivity index is 1.55. The number of aliphatic imine (C=N–C) groups is 1. The number of aliphatic hydroxyl groups excluding tert-OH is 5. The van der Waals surface area contributed by atoms with Crippen molar-refractivity contribution in [2.75, 3.05) is 45.5 Å². The number of nitrogens with two attached hydrogens (primary N) is 1. The quantitative estimate of drug-likeness (QED) is 0.0239. The number of anilines is 1. The van der Waals surface area contributed by atoms with Crippen molar-refractivity contribution in [2.45, 2.75) is 63.2 Å². The Morgan fingerprint density at radius 2 is 1.67 bits per heavy atom. The number of unbranched alkanes of at least 4 members (excludes halogenated alkanes) is 1. The van der Waals surface area contributed by atoms with E-state index in [1.807, 2.05) is 30.3 Å². The summed E-state index contributed by atoms with van der Waals surface area (Å²) in [7, 11) is 1.18. The van der Waals surface area contributed by atoms with Crippen molar-refractivity contribution < 1.29 is 78.9 Å². The van der Waals surface area contributed by atoms with Crippen molar-refractivity contribution in [2.24, 2.45) is 10.7 Å². The minimum absolute atomic E-state index is 0.00642. The van der Waals surface area contributed by atoms with Crippen LogP contribution in [-0.2, 0) is 15.9 Å². The number of ether oxygens (including phenoxy) is 6. The summed E-state index contributed by atoms with van der Waals surface area (Å²) in [5, 5.41) is 89.4. The minimum atomic E-state index is -2.38. The molecule has 1 aliphatic heterocycles. The topological polar surface area (TPSA) is 314 Å². The molecule has 0 aliphatic carbocycles. The van der Waals surface area contributed by atoms with Crippen LogP contribution in [0.2, 0.25) is 0 Å². The number of hydrogen-bond donors (Lipinski definition) is 11. The molecule has 4 rings (SSSR count). The Morgan fingerprint density at radius 1 is 0.947 bits per heavy atom. The van der Waals surface area contributed by atoms with Gasteiger partial charge in [-0.25, -0.2) is 14.6 Å². The largest absolute Gasteiger partial charge is 0.504 e. The van der Waals surface area contributed by atoms with Crippen molar-refractivity contribution in [3.8, 4) is 34.5 Å². The highest BCUT2D eigenvalue weighted by Gasteiger charge is 2.49. The number of benzene rings is 3. The Bertz CT molecular complexity index is 1830. The molecular formula is C37H48N4O16. The van der Waals surface area contributed by atoms with E-state index in [0.717, 1.165) is 17.7 Å². The Kier molecular flexibility index (Phi) is 16.2. The number of guanidine groups is 1. The van der Waals surface area contributed by atoms with E-state index in [1.54, 1.807) is 6.92 Å². The maximum absolute atomic E-state index is 13.3. The maximum Gasteiger partial charge on any atom is 0.344 e. The van der Waals surface area contributed by atoms with E-state index in [1.165, 1.54) is 13.2 Å². The number of phenols is 2.